The van der Waals surface area contributed by atoms with Crippen molar-refractivity contribution in [3.63, 3.8) is 0 Å². The Kier molecular flexibility index (Phi) is 2.62. The zero-order chi connectivity index (χ0) is 12.7. The fourth-order valence-corrected chi connectivity index (χ4v) is 2.45. The van der Waals surface area contributed by atoms with Crippen LogP contribution < -0.4 is 5.73 Å². The van der Waals surface area contributed by atoms with Gasteiger partial charge in [0, 0.05) is 5.92 Å². The Morgan fingerprint density at radius 3 is 2.61 bits per heavy atom. The molecule has 1 aromatic heterocycles. The summed E-state index contributed by atoms with van der Waals surface area (Å²) in [6.07, 6.45) is 3.65. The zero-order valence-corrected chi connectivity index (χ0v) is 10.9. The second-order valence-electron chi connectivity index (χ2n) is 5.23. The monoisotopic (exact) mass is 242 g/mol. The predicted octanol–water partition coefficient (Wildman–Crippen LogP) is 3.81. The molecule has 1 aliphatic carbocycles. The first kappa shape index (κ1) is 11.3. The van der Waals surface area contributed by atoms with Gasteiger partial charge in [0.05, 0.1) is 5.56 Å². The molecule has 1 aromatic carbocycles. The number of anilines is 1. The largest absolute Gasteiger partial charge is 0.380 e. The number of nitrogens with two attached hydrogens (primary N) is 1. The minimum Gasteiger partial charge on any atom is -0.380 e. The van der Waals surface area contributed by atoms with Gasteiger partial charge in [-0.3, -0.25) is 0 Å². The van der Waals surface area contributed by atoms with Crippen LogP contribution in [0, 0.1) is 13.8 Å². The molecule has 18 heavy (non-hydrogen) atoms. The molecule has 1 aliphatic rings. The van der Waals surface area contributed by atoms with E-state index in [1.54, 1.807) is 0 Å². The van der Waals surface area contributed by atoms with Crippen LogP contribution in [-0.2, 0) is 0 Å². The van der Waals surface area contributed by atoms with Crippen molar-refractivity contribution in [1.29, 1.82) is 0 Å². The molecule has 94 valence electrons. The smallest absolute Gasteiger partial charge is 0.175 e. The van der Waals surface area contributed by atoms with Crippen LogP contribution in [0.5, 0.6) is 0 Å². The second kappa shape index (κ2) is 4.16. The van der Waals surface area contributed by atoms with E-state index in [1.807, 2.05) is 0 Å². The van der Waals surface area contributed by atoms with Crippen molar-refractivity contribution in [2.75, 3.05) is 5.73 Å². The fraction of sp³-hybridized carbons (Fsp3) is 0.400. The van der Waals surface area contributed by atoms with Crippen LogP contribution in [0.25, 0.3) is 11.1 Å². The van der Waals surface area contributed by atoms with Gasteiger partial charge in [0.1, 0.15) is 5.76 Å². The van der Waals surface area contributed by atoms with Crippen LogP contribution in [0.2, 0.25) is 0 Å². The lowest BCUT2D eigenvalue weighted by atomic mass is 9.81. The highest BCUT2D eigenvalue weighted by atomic mass is 16.5. The third kappa shape index (κ3) is 1.70. The molecule has 3 heteroatoms. The lowest BCUT2D eigenvalue weighted by molar-refractivity contribution is 0.302. The Balaban J connectivity index is 2.09. The Hall–Kier alpha value is -1.77. The van der Waals surface area contributed by atoms with Crippen LogP contribution >= 0.6 is 0 Å². The molecule has 0 radical (unpaired) electrons. The van der Waals surface area contributed by atoms with Gasteiger partial charge in [0.15, 0.2) is 5.82 Å². The molecular weight excluding hydrogens is 224 g/mol. The fourth-order valence-electron chi connectivity index (χ4n) is 2.45. The van der Waals surface area contributed by atoms with E-state index >= 15 is 0 Å². The third-order valence-corrected chi connectivity index (χ3v) is 4.02. The molecule has 0 atom stereocenters. The number of hydrogen-bond donors (Lipinski definition) is 1. The molecule has 3 nitrogen and oxygen atoms in total. The van der Waals surface area contributed by atoms with Crippen molar-refractivity contribution in [3.8, 4) is 11.1 Å². The summed E-state index contributed by atoms with van der Waals surface area (Å²) in [5.41, 5.74) is 10.7. The normalized spacial score (nSPS) is 15.7. The van der Waals surface area contributed by atoms with E-state index in [0.29, 0.717) is 11.7 Å². The molecule has 3 rings (SSSR count). The van der Waals surface area contributed by atoms with E-state index in [0.717, 1.165) is 16.9 Å². The SMILES string of the molecule is Cc1ccc(-c2c(N)noc2C2CCC2)cc1C. The Morgan fingerprint density at radius 1 is 1.22 bits per heavy atom. The van der Waals surface area contributed by atoms with Gasteiger partial charge in [-0.1, -0.05) is 29.8 Å². The standard InChI is InChI=1S/C15H18N2O/c1-9-6-7-12(8-10(9)2)13-14(11-4-3-5-11)18-17-15(13)16/h6-8,11H,3-5H2,1-2H3,(H2,16,17). The van der Waals surface area contributed by atoms with E-state index in [-0.39, 0.29) is 0 Å². The molecule has 1 fully saturated rings. The number of aryl methyl sites for hydroxylation is 2. The number of aromatic nitrogens is 1. The third-order valence-electron chi connectivity index (χ3n) is 4.02. The number of nitrogens with zero attached hydrogens (tertiary/aromatic N) is 1. The number of nitrogen functional groups attached to an aromatic ring is 1. The molecule has 0 unspecified atom stereocenters. The maximum atomic E-state index is 5.97. The summed E-state index contributed by atoms with van der Waals surface area (Å²) in [7, 11) is 0. The maximum absolute atomic E-state index is 5.97. The van der Waals surface area contributed by atoms with E-state index in [9.17, 15) is 0 Å². The van der Waals surface area contributed by atoms with Gasteiger partial charge in [-0.05, 0) is 43.4 Å². The van der Waals surface area contributed by atoms with Gasteiger partial charge in [0.25, 0.3) is 0 Å². The first-order valence-corrected chi connectivity index (χ1v) is 6.49. The van der Waals surface area contributed by atoms with Crippen LogP contribution in [0.3, 0.4) is 0 Å². The maximum Gasteiger partial charge on any atom is 0.175 e. The summed E-state index contributed by atoms with van der Waals surface area (Å²) in [4.78, 5) is 0. The van der Waals surface area contributed by atoms with Crippen LogP contribution in [-0.4, -0.2) is 5.16 Å². The molecule has 2 N–H and O–H groups in total. The highest BCUT2D eigenvalue weighted by Crippen LogP contribution is 2.43. The minimum absolute atomic E-state index is 0.506. The van der Waals surface area contributed by atoms with Gasteiger partial charge in [-0.25, -0.2) is 0 Å². The van der Waals surface area contributed by atoms with Crippen molar-refractivity contribution in [3.05, 3.63) is 35.1 Å². The average molecular weight is 242 g/mol. The molecule has 2 aromatic rings. The van der Waals surface area contributed by atoms with E-state index in [4.69, 9.17) is 10.3 Å². The summed E-state index contributed by atoms with van der Waals surface area (Å²) in [5, 5.41) is 3.95. The molecule has 1 saturated carbocycles. The Labute approximate surface area is 107 Å². The molecule has 0 aliphatic heterocycles. The van der Waals surface area contributed by atoms with Crippen LogP contribution in [0.1, 0.15) is 42.1 Å². The molecule has 1 heterocycles. The van der Waals surface area contributed by atoms with Crippen molar-refractivity contribution in [2.45, 2.75) is 39.0 Å². The molecular formula is C15H18N2O. The topological polar surface area (TPSA) is 52.0 Å². The lowest BCUT2D eigenvalue weighted by Gasteiger charge is -2.23. The summed E-state index contributed by atoms with van der Waals surface area (Å²) < 4.78 is 5.45. The van der Waals surface area contributed by atoms with Crippen molar-refractivity contribution >= 4 is 5.82 Å². The summed E-state index contributed by atoms with van der Waals surface area (Å²) in [6, 6.07) is 6.40. The number of hydrogen-bond acceptors (Lipinski definition) is 3. The zero-order valence-electron chi connectivity index (χ0n) is 10.9. The Bertz CT molecular complexity index is 582. The van der Waals surface area contributed by atoms with Crippen LogP contribution in [0.15, 0.2) is 22.7 Å². The summed E-state index contributed by atoms with van der Waals surface area (Å²) in [5.74, 6) is 1.99. The summed E-state index contributed by atoms with van der Waals surface area (Å²) in [6.45, 7) is 4.23. The molecule has 0 saturated heterocycles. The van der Waals surface area contributed by atoms with E-state index < -0.39 is 0 Å². The molecule has 0 spiro atoms. The first-order valence-electron chi connectivity index (χ1n) is 6.49. The van der Waals surface area contributed by atoms with Gasteiger partial charge >= 0.3 is 0 Å². The number of benzene rings is 1. The average Bonchev–Trinajstić information content (AvgIpc) is 2.62. The first-order chi connectivity index (χ1) is 8.66. The highest BCUT2D eigenvalue weighted by molar-refractivity contribution is 5.76. The van der Waals surface area contributed by atoms with Gasteiger partial charge in [-0.2, -0.15) is 0 Å². The second-order valence-corrected chi connectivity index (χ2v) is 5.23. The van der Waals surface area contributed by atoms with Gasteiger partial charge in [0.2, 0.25) is 0 Å². The predicted molar refractivity (Wildman–Crippen MR) is 72.4 cm³/mol. The quantitative estimate of drug-likeness (QED) is 0.871. The van der Waals surface area contributed by atoms with Crippen molar-refractivity contribution < 1.29 is 4.52 Å². The van der Waals surface area contributed by atoms with E-state index in [2.05, 4.69) is 37.2 Å². The van der Waals surface area contributed by atoms with Gasteiger partial charge in [-0.15, -0.1) is 0 Å². The lowest BCUT2D eigenvalue weighted by Crippen LogP contribution is -2.09. The molecule has 0 amide bonds. The van der Waals surface area contributed by atoms with Crippen molar-refractivity contribution in [2.24, 2.45) is 0 Å². The van der Waals surface area contributed by atoms with Crippen molar-refractivity contribution in [1.82, 2.24) is 5.16 Å². The van der Waals surface area contributed by atoms with E-state index in [1.165, 1.54) is 30.4 Å². The van der Waals surface area contributed by atoms with Crippen LogP contribution in [0.4, 0.5) is 5.82 Å². The Morgan fingerprint density at radius 2 is 2.00 bits per heavy atom. The van der Waals surface area contributed by atoms with Gasteiger partial charge < -0.3 is 10.3 Å². The highest BCUT2D eigenvalue weighted by Gasteiger charge is 2.28. The minimum atomic E-state index is 0.506. The molecule has 0 bridgehead atoms. The summed E-state index contributed by atoms with van der Waals surface area (Å²) >= 11 is 0. The number of rotatable bonds is 2.